The van der Waals surface area contributed by atoms with Crippen LogP contribution < -0.4 is 0 Å². The van der Waals surface area contributed by atoms with Crippen molar-refractivity contribution in [3.8, 4) is 0 Å². The maximum absolute atomic E-state index is 13.6. The highest BCUT2D eigenvalue weighted by atomic mass is 16.6. The molecule has 0 aliphatic carbocycles. The Kier molecular flexibility index (Phi) is 15.8. The number of ether oxygens (including phenoxy) is 5. The summed E-state index contributed by atoms with van der Waals surface area (Å²) in [7, 11) is 1.42. The Morgan fingerprint density at radius 2 is 1.08 bits per heavy atom. The molecule has 1 amide bonds. The molecule has 3 rings (SSSR count). The summed E-state index contributed by atoms with van der Waals surface area (Å²) in [6.45, 7) is 5.89. The van der Waals surface area contributed by atoms with E-state index < -0.39 is 66.8 Å². The summed E-state index contributed by atoms with van der Waals surface area (Å²) in [6, 6.07) is 14.7. The number of amides is 1. The molecule has 0 bridgehead atoms. The largest absolute Gasteiger partial charge is 0.462 e. The molecule has 3 aromatic heterocycles. The fourth-order valence-electron chi connectivity index (χ4n) is 5.18. The van der Waals surface area contributed by atoms with Crippen molar-refractivity contribution in [3.63, 3.8) is 0 Å². The lowest BCUT2D eigenvalue weighted by Crippen LogP contribution is -2.55. The van der Waals surface area contributed by atoms with Crippen molar-refractivity contribution in [3.05, 3.63) is 89.8 Å². The monoisotopic (exact) mass is 721 g/mol. The first-order valence-corrected chi connectivity index (χ1v) is 16.3. The van der Waals surface area contributed by atoms with Crippen LogP contribution in [0.15, 0.2) is 67.1 Å². The number of pyridine rings is 3. The maximum Gasteiger partial charge on any atom is 0.303 e. The zero-order chi connectivity index (χ0) is 38.2. The second-order valence-corrected chi connectivity index (χ2v) is 11.8. The van der Waals surface area contributed by atoms with Crippen LogP contribution in [0.3, 0.4) is 0 Å². The quantitative estimate of drug-likeness (QED) is 0.137. The molecule has 278 valence electrons. The van der Waals surface area contributed by atoms with Gasteiger partial charge in [-0.05, 0) is 36.4 Å². The molecule has 0 saturated carbocycles. The highest BCUT2D eigenvalue weighted by molar-refractivity contribution is 5.93. The minimum atomic E-state index is -1.63. The predicted molar refractivity (Wildman–Crippen MR) is 181 cm³/mol. The van der Waals surface area contributed by atoms with Crippen LogP contribution in [0.25, 0.3) is 0 Å². The fourth-order valence-corrected chi connectivity index (χ4v) is 5.18. The molecule has 4 atom stereocenters. The number of aromatic nitrogens is 3. The Balaban J connectivity index is 1.85. The third-order valence-corrected chi connectivity index (χ3v) is 7.23. The number of rotatable bonds is 18. The van der Waals surface area contributed by atoms with Crippen LogP contribution in [-0.2, 0) is 67.3 Å². The second kappa shape index (κ2) is 20.2. The van der Waals surface area contributed by atoms with Crippen molar-refractivity contribution in [1.29, 1.82) is 0 Å². The van der Waals surface area contributed by atoms with Crippen LogP contribution in [0.2, 0.25) is 0 Å². The molecule has 0 aromatic carbocycles. The lowest BCUT2D eigenvalue weighted by Gasteiger charge is -2.36. The molecule has 0 aliphatic rings. The maximum atomic E-state index is 13.6. The molecule has 0 radical (unpaired) electrons. The number of likely N-dealkylation sites (N-methyl/N-ethyl adjacent to an activating group) is 1. The highest BCUT2D eigenvalue weighted by Gasteiger charge is 2.44. The Morgan fingerprint density at radius 1 is 0.596 bits per heavy atom. The van der Waals surface area contributed by atoms with E-state index in [-0.39, 0.29) is 12.1 Å². The van der Waals surface area contributed by atoms with Gasteiger partial charge in [0.15, 0.2) is 24.4 Å². The standard InChI is InChI=1S/C36H43N5O11/c1-23(42)48-22-33(50-25(3)44)35(52-27(5)46)34(51-26(4)45)32(49-24(2)43)21-40(6)36(47)28-13-14-31(39-17-28)20-41(18-29-11-7-9-15-37-29)19-30-12-8-10-16-38-30/h7-17,32-35H,18-22H2,1-6H3/t32-,33+,34+,35+/m0/s1. The van der Waals surface area contributed by atoms with Crippen molar-refractivity contribution in [2.75, 3.05) is 20.2 Å². The van der Waals surface area contributed by atoms with Gasteiger partial charge in [0.05, 0.1) is 29.2 Å². The molecular formula is C36H43N5O11. The fraction of sp³-hybridized carbons (Fsp3) is 0.417. The molecule has 0 spiro atoms. The van der Waals surface area contributed by atoms with Gasteiger partial charge in [-0.3, -0.25) is 48.6 Å². The van der Waals surface area contributed by atoms with E-state index in [1.165, 1.54) is 18.1 Å². The molecule has 0 N–H and O–H groups in total. The number of hydrogen-bond donors (Lipinski definition) is 0. The van der Waals surface area contributed by atoms with Crippen LogP contribution in [-0.4, -0.2) is 105 Å². The Morgan fingerprint density at radius 3 is 1.50 bits per heavy atom. The summed E-state index contributed by atoms with van der Waals surface area (Å²) in [4.78, 5) is 90.7. The van der Waals surface area contributed by atoms with Gasteiger partial charge in [-0.2, -0.15) is 0 Å². The van der Waals surface area contributed by atoms with E-state index in [1.807, 2.05) is 36.4 Å². The third kappa shape index (κ3) is 13.9. The van der Waals surface area contributed by atoms with Crippen LogP contribution in [0, 0.1) is 0 Å². The van der Waals surface area contributed by atoms with Crippen LogP contribution in [0.1, 0.15) is 62.1 Å². The van der Waals surface area contributed by atoms with Gasteiger partial charge in [0.25, 0.3) is 5.91 Å². The smallest absolute Gasteiger partial charge is 0.303 e. The van der Waals surface area contributed by atoms with Crippen LogP contribution >= 0.6 is 0 Å². The normalized spacial score (nSPS) is 13.1. The number of nitrogens with zero attached hydrogens (tertiary/aromatic N) is 5. The average Bonchev–Trinajstić information content (AvgIpc) is 3.08. The zero-order valence-electron chi connectivity index (χ0n) is 29.9. The number of esters is 5. The van der Waals surface area contributed by atoms with E-state index in [2.05, 4.69) is 19.9 Å². The van der Waals surface area contributed by atoms with Crippen molar-refractivity contribution < 1.29 is 52.5 Å². The summed E-state index contributed by atoms with van der Waals surface area (Å²) in [5.41, 5.74) is 2.60. The van der Waals surface area contributed by atoms with E-state index in [9.17, 15) is 28.8 Å². The molecule has 0 unspecified atom stereocenters. The minimum Gasteiger partial charge on any atom is -0.462 e. The first-order valence-electron chi connectivity index (χ1n) is 16.3. The lowest BCUT2D eigenvalue weighted by molar-refractivity contribution is -0.203. The third-order valence-electron chi connectivity index (χ3n) is 7.23. The van der Waals surface area contributed by atoms with Crippen molar-refractivity contribution in [1.82, 2.24) is 24.8 Å². The summed E-state index contributed by atoms with van der Waals surface area (Å²) in [5.74, 6) is -4.67. The first kappa shape index (κ1) is 40.7. The van der Waals surface area contributed by atoms with Crippen molar-refractivity contribution in [2.24, 2.45) is 0 Å². The van der Waals surface area contributed by atoms with Crippen molar-refractivity contribution in [2.45, 2.75) is 78.7 Å². The summed E-state index contributed by atoms with van der Waals surface area (Å²) in [5, 5.41) is 0. The number of hydrogen-bond acceptors (Lipinski definition) is 15. The van der Waals surface area contributed by atoms with Gasteiger partial charge in [-0.1, -0.05) is 12.1 Å². The van der Waals surface area contributed by atoms with E-state index in [0.717, 1.165) is 46.0 Å². The SMILES string of the molecule is CC(=O)OC[C@@H](OC(C)=O)[C@@H](OC(C)=O)[C@H](OC(C)=O)[C@H](CN(C)C(=O)c1ccc(CN(Cc2ccccn2)Cc2ccccn2)nc1)OC(C)=O. The molecule has 3 heterocycles. The van der Waals surface area contributed by atoms with Crippen LogP contribution in [0.5, 0.6) is 0 Å². The molecule has 0 aliphatic heterocycles. The molecule has 0 fully saturated rings. The van der Waals surface area contributed by atoms with Crippen molar-refractivity contribution >= 4 is 35.8 Å². The Labute approximate surface area is 301 Å². The summed E-state index contributed by atoms with van der Waals surface area (Å²) in [6.07, 6.45) is -1.32. The summed E-state index contributed by atoms with van der Waals surface area (Å²) >= 11 is 0. The van der Waals surface area contributed by atoms with Gasteiger partial charge in [-0.15, -0.1) is 0 Å². The molecule has 16 nitrogen and oxygen atoms in total. The molecule has 16 heteroatoms. The topological polar surface area (TPSA) is 194 Å². The minimum absolute atomic E-state index is 0.196. The first-order chi connectivity index (χ1) is 24.7. The Bertz CT molecular complexity index is 1620. The number of carbonyl (C=O) groups excluding carboxylic acids is 6. The van der Waals surface area contributed by atoms with E-state index in [4.69, 9.17) is 23.7 Å². The highest BCUT2D eigenvalue weighted by Crippen LogP contribution is 2.22. The van der Waals surface area contributed by atoms with E-state index in [1.54, 1.807) is 24.5 Å². The van der Waals surface area contributed by atoms with Gasteiger partial charge in [-0.25, -0.2) is 0 Å². The molecule has 52 heavy (non-hydrogen) atoms. The average molecular weight is 722 g/mol. The molecule has 0 saturated heterocycles. The van der Waals surface area contributed by atoms with Gasteiger partial charge in [0.2, 0.25) is 0 Å². The van der Waals surface area contributed by atoms with Gasteiger partial charge < -0.3 is 28.6 Å². The molecule has 3 aromatic rings. The van der Waals surface area contributed by atoms with Gasteiger partial charge >= 0.3 is 29.8 Å². The van der Waals surface area contributed by atoms with Gasteiger partial charge in [0.1, 0.15) is 6.61 Å². The van der Waals surface area contributed by atoms with Crippen LogP contribution in [0.4, 0.5) is 0 Å². The number of carbonyl (C=O) groups is 6. The Hall–Kier alpha value is -5.77. The summed E-state index contributed by atoms with van der Waals surface area (Å²) < 4.78 is 26.7. The molecular weight excluding hydrogens is 678 g/mol. The lowest BCUT2D eigenvalue weighted by atomic mass is 10.0. The van der Waals surface area contributed by atoms with E-state index in [0.29, 0.717) is 25.3 Å². The predicted octanol–water partition coefficient (Wildman–Crippen LogP) is 2.44. The second-order valence-electron chi connectivity index (χ2n) is 11.8. The van der Waals surface area contributed by atoms with Gasteiger partial charge in [0, 0.05) is 79.9 Å². The zero-order valence-corrected chi connectivity index (χ0v) is 29.9. The van der Waals surface area contributed by atoms with E-state index >= 15 is 0 Å².